The second kappa shape index (κ2) is 11.0. The second-order valence-corrected chi connectivity index (χ2v) is 8.44. The molecule has 2 N–H and O–H groups in total. The SMILES string of the molecule is CCNC(=O)c1cn(CC2CCCCC2)cc(C(=O)N[C@H](C)c2ccc(OC)cc2)c1=O. The second-order valence-electron chi connectivity index (χ2n) is 8.44. The van der Waals surface area contributed by atoms with E-state index in [1.54, 1.807) is 26.4 Å². The molecule has 3 rings (SSSR count). The molecule has 2 aromatic rings. The van der Waals surface area contributed by atoms with E-state index in [0.29, 0.717) is 19.0 Å². The van der Waals surface area contributed by atoms with Crippen LogP contribution in [0.5, 0.6) is 5.75 Å². The quantitative estimate of drug-likeness (QED) is 0.657. The average Bonchev–Trinajstić information content (AvgIpc) is 2.80. The highest BCUT2D eigenvalue weighted by atomic mass is 16.5. The number of nitrogens with one attached hydrogen (secondary N) is 2. The zero-order chi connectivity index (χ0) is 23.1. The molecule has 1 aromatic heterocycles. The fourth-order valence-corrected chi connectivity index (χ4v) is 4.23. The molecule has 1 atom stereocenters. The maximum Gasteiger partial charge on any atom is 0.257 e. The number of aromatic nitrogens is 1. The monoisotopic (exact) mass is 439 g/mol. The van der Waals surface area contributed by atoms with E-state index in [9.17, 15) is 14.4 Å². The number of carbonyl (C=O) groups excluding carboxylic acids is 2. The Morgan fingerprint density at radius 1 is 1.06 bits per heavy atom. The van der Waals surface area contributed by atoms with Gasteiger partial charge in [0.15, 0.2) is 0 Å². The molecular weight excluding hydrogens is 406 g/mol. The van der Waals surface area contributed by atoms with E-state index >= 15 is 0 Å². The summed E-state index contributed by atoms with van der Waals surface area (Å²) in [5, 5.41) is 5.58. The van der Waals surface area contributed by atoms with Crippen molar-refractivity contribution < 1.29 is 14.3 Å². The van der Waals surface area contributed by atoms with E-state index in [-0.39, 0.29) is 17.2 Å². The molecule has 32 heavy (non-hydrogen) atoms. The van der Waals surface area contributed by atoms with Crippen LogP contribution >= 0.6 is 0 Å². The lowest BCUT2D eigenvalue weighted by molar-refractivity contribution is 0.0937. The molecular formula is C25H33N3O4. The molecule has 1 aliphatic carbocycles. The molecule has 0 bridgehead atoms. The molecule has 0 aliphatic heterocycles. The van der Waals surface area contributed by atoms with Gasteiger partial charge in [-0.2, -0.15) is 0 Å². The standard InChI is InChI=1S/C25H33N3O4/c1-4-26-24(30)21-15-28(14-18-8-6-5-7-9-18)16-22(23(21)29)25(31)27-17(2)19-10-12-20(32-3)13-11-19/h10-13,15-18H,4-9,14H2,1-3H3,(H,26,30)(H,27,31)/t17-/m1/s1. The summed E-state index contributed by atoms with van der Waals surface area (Å²) in [4.78, 5) is 38.6. The van der Waals surface area contributed by atoms with Crippen molar-refractivity contribution in [3.63, 3.8) is 0 Å². The molecule has 7 heteroatoms. The molecule has 0 radical (unpaired) electrons. The van der Waals surface area contributed by atoms with Gasteiger partial charge in [-0.3, -0.25) is 14.4 Å². The Bertz CT molecular complexity index is 991. The van der Waals surface area contributed by atoms with Crippen molar-refractivity contribution in [2.75, 3.05) is 13.7 Å². The maximum atomic E-state index is 13.1. The third-order valence-electron chi connectivity index (χ3n) is 6.06. The summed E-state index contributed by atoms with van der Waals surface area (Å²) in [7, 11) is 1.60. The predicted octanol–water partition coefficient (Wildman–Crippen LogP) is 3.68. The molecule has 7 nitrogen and oxygen atoms in total. The molecule has 1 aliphatic rings. The minimum absolute atomic E-state index is 0.00686. The van der Waals surface area contributed by atoms with E-state index in [1.165, 1.54) is 19.3 Å². The lowest BCUT2D eigenvalue weighted by Gasteiger charge is -2.23. The van der Waals surface area contributed by atoms with Crippen molar-refractivity contribution in [2.45, 2.75) is 58.5 Å². The highest BCUT2D eigenvalue weighted by molar-refractivity contribution is 5.99. The van der Waals surface area contributed by atoms with Crippen LogP contribution in [-0.4, -0.2) is 30.0 Å². The van der Waals surface area contributed by atoms with Gasteiger partial charge in [0, 0.05) is 25.5 Å². The van der Waals surface area contributed by atoms with E-state index in [4.69, 9.17) is 4.74 Å². The third kappa shape index (κ3) is 5.78. The van der Waals surface area contributed by atoms with Crippen LogP contribution in [-0.2, 0) is 6.54 Å². The highest BCUT2D eigenvalue weighted by Gasteiger charge is 2.22. The number of carbonyl (C=O) groups is 2. The predicted molar refractivity (Wildman–Crippen MR) is 124 cm³/mol. The number of pyridine rings is 1. The van der Waals surface area contributed by atoms with Gasteiger partial charge in [0.1, 0.15) is 16.9 Å². The van der Waals surface area contributed by atoms with Gasteiger partial charge in [0.2, 0.25) is 5.43 Å². The van der Waals surface area contributed by atoms with Crippen molar-refractivity contribution >= 4 is 11.8 Å². The van der Waals surface area contributed by atoms with Gasteiger partial charge >= 0.3 is 0 Å². The number of amides is 2. The number of ether oxygens (including phenoxy) is 1. The molecule has 0 unspecified atom stereocenters. The van der Waals surface area contributed by atoms with Gasteiger partial charge in [0.05, 0.1) is 13.2 Å². The molecule has 1 aromatic carbocycles. The fraction of sp³-hybridized carbons (Fsp3) is 0.480. The summed E-state index contributed by atoms with van der Waals surface area (Å²) in [6.07, 6.45) is 9.07. The maximum absolute atomic E-state index is 13.1. The summed E-state index contributed by atoms with van der Waals surface area (Å²) < 4.78 is 7.02. The van der Waals surface area contributed by atoms with E-state index in [1.807, 2.05) is 35.8 Å². The molecule has 0 spiro atoms. The molecule has 1 fully saturated rings. The molecule has 1 heterocycles. The van der Waals surface area contributed by atoms with Gasteiger partial charge < -0.3 is 19.9 Å². The first-order valence-corrected chi connectivity index (χ1v) is 11.4. The number of methoxy groups -OCH3 is 1. The first-order valence-electron chi connectivity index (χ1n) is 11.4. The van der Waals surface area contributed by atoms with Crippen molar-refractivity contribution in [3.05, 3.63) is 63.6 Å². The van der Waals surface area contributed by atoms with Crippen LogP contribution in [0.2, 0.25) is 0 Å². The topological polar surface area (TPSA) is 89.4 Å². The molecule has 2 amide bonds. The number of benzene rings is 1. The van der Waals surface area contributed by atoms with Crippen molar-refractivity contribution in [2.24, 2.45) is 5.92 Å². The van der Waals surface area contributed by atoms with Gasteiger partial charge in [-0.15, -0.1) is 0 Å². The number of hydrogen-bond donors (Lipinski definition) is 2. The lowest BCUT2D eigenvalue weighted by Crippen LogP contribution is -2.36. The Morgan fingerprint density at radius 2 is 1.69 bits per heavy atom. The first-order chi connectivity index (χ1) is 15.4. The van der Waals surface area contributed by atoms with Crippen LogP contribution in [0.1, 0.15) is 78.3 Å². The Kier molecular flexibility index (Phi) is 8.09. The van der Waals surface area contributed by atoms with Crippen LogP contribution in [0.3, 0.4) is 0 Å². The summed E-state index contributed by atoms with van der Waals surface area (Å²) in [5.74, 6) is 0.282. The van der Waals surface area contributed by atoms with Gasteiger partial charge in [0.25, 0.3) is 11.8 Å². The minimum Gasteiger partial charge on any atom is -0.497 e. The highest BCUT2D eigenvalue weighted by Crippen LogP contribution is 2.25. The molecule has 1 saturated carbocycles. The smallest absolute Gasteiger partial charge is 0.257 e. The molecule has 0 saturated heterocycles. The number of rotatable bonds is 8. The Labute approximate surface area is 189 Å². The van der Waals surface area contributed by atoms with Gasteiger partial charge in [-0.1, -0.05) is 31.4 Å². The Balaban J connectivity index is 1.87. The number of hydrogen-bond acceptors (Lipinski definition) is 4. The number of nitrogens with zero attached hydrogens (tertiary/aromatic N) is 1. The van der Waals surface area contributed by atoms with Crippen LogP contribution in [0, 0.1) is 5.92 Å². The first kappa shape index (κ1) is 23.6. The summed E-state index contributed by atoms with van der Waals surface area (Å²) in [5.41, 5.74) is 0.342. The minimum atomic E-state index is -0.546. The lowest BCUT2D eigenvalue weighted by atomic mass is 9.89. The summed E-state index contributed by atoms with van der Waals surface area (Å²) in [6, 6.07) is 7.08. The fourth-order valence-electron chi connectivity index (χ4n) is 4.23. The Morgan fingerprint density at radius 3 is 2.28 bits per heavy atom. The van der Waals surface area contributed by atoms with Crippen molar-refractivity contribution in [1.82, 2.24) is 15.2 Å². The zero-order valence-electron chi connectivity index (χ0n) is 19.1. The summed E-state index contributed by atoms with van der Waals surface area (Å²) in [6.45, 7) is 4.76. The zero-order valence-corrected chi connectivity index (χ0v) is 19.1. The largest absolute Gasteiger partial charge is 0.497 e. The van der Waals surface area contributed by atoms with Crippen molar-refractivity contribution in [3.8, 4) is 5.75 Å². The third-order valence-corrected chi connectivity index (χ3v) is 6.06. The normalized spacial score (nSPS) is 15.1. The van der Waals surface area contributed by atoms with E-state index in [0.717, 1.165) is 24.2 Å². The van der Waals surface area contributed by atoms with Crippen molar-refractivity contribution in [1.29, 1.82) is 0 Å². The van der Waals surface area contributed by atoms with Crippen LogP contribution in [0.15, 0.2) is 41.5 Å². The van der Waals surface area contributed by atoms with E-state index in [2.05, 4.69) is 10.6 Å². The van der Waals surface area contributed by atoms with E-state index < -0.39 is 17.2 Å². The van der Waals surface area contributed by atoms with Gasteiger partial charge in [-0.25, -0.2) is 0 Å². The van der Waals surface area contributed by atoms with Crippen LogP contribution in [0.25, 0.3) is 0 Å². The van der Waals surface area contributed by atoms with Crippen LogP contribution < -0.4 is 20.8 Å². The average molecular weight is 440 g/mol. The van der Waals surface area contributed by atoms with Gasteiger partial charge in [-0.05, 0) is 50.3 Å². The Hall–Kier alpha value is -3.09. The van der Waals surface area contributed by atoms with Crippen LogP contribution in [0.4, 0.5) is 0 Å². The summed E-state index contributed by atoms with van der Waals surface area (Å²) >= 11 is 0. The molecule has 172 valence electrons.